The van der Waals surface area contributed by atoms with Gasteiger partial charge in [-0.05, 0) is 37.8 Å². The molecule has 24 heavy (non-hydrogen) atoms. The van der Waals surface area contributed by atoms with Crippen LogP contribution in [0.3, 0.4) is 0 Å². The third-order valence-corrected chi connectivity index (χ3v) is 5.80. The largest absolute Gasteiger partial charge is 0.396 e. The number of hydrogen-bond acceptors (Lipinski definition) is 5. The highest BCUT2D eigenvalue weighted by Crippen LogP contribution is 2.38. The predicted octanol–water partition coefficient (Wildman–Crippen LogP) is 2.70. The van der Waals surface area contributed by atoms with Crippen LogP contribution in [-0.4, -0.2) is 41.8 Å². The molecular weight excluding hydrogens is 306 g/mol. The molecular formula is C18H27N3O3. The monoisotopic (exact) mass is 333 g/mol. The number of benzene rings is 1. The SMILES string of the molecule is CC1(CO)CCCC1NC1CCN(c2ccc([N+](=O)[O-])cc2)CC1. The molecule has 2 fully saturated rings. The maximum Gasteiger partial charge on any atom is 0.269 e. The molecule has 0 amide bonds. The van der Waals surface area contributed by atoms with Crippen LogP contribution in [0.15, 0.2) is 24.3 Å². The summed E-state index contributed by atoms with van der Waals surface area (Å²) in [6, 6.07) is 7.74. The summed E-state index contributed by atoms with van der Waals surface area (Å²) in [4.78, 5) is 12.7. The third kappa shape index (κ3) is 3.54. The van der Waals surface area contributed by atoms with E-state index in [-0.39, 0.29) is 22.6 Å². The summed E-state index contributed by atoms with van der Waals surface area (Å²) in [5.74, 6) is 0. The van der Waals surface area contributed by atoms with Gasteiger partial charge < -0.3 is 15.3 Å². The number of nitrogens with zero attached hydrogens (tertiary/aromatic N) is 2. The van der Waals surface area contributed by atoms with E-state index in [2.05, 4.69) is 17.1 Å². The molecule has 0 radical (unpaired) electrons. The molecule has 1 aliphatic carbocycles. The molecule has 2 unspecified atom stereocenters. The minimum Gasteiger partial charge on any atom is -0.396 e. The number of aliphatic hydroxyl groups excluding tert-OH is 1. The minimum absolute atomic E-state index is 0.0233. The fraction of sp³-hybridized carbons (Fsp3) is 0.667. The predicted molar refractivity (Wildman–Crippen MR) is 94.3 cm³/mol. The minimum atomic E-state index is -0.361. The van der Waals surface area contributed by atoms with Gasteiger partial charge in [-0.3, -0.25) is 10.1 Å². The number of anilines is 1. The Hall–Kier alpha value is -1.66. The lowest BCUT2D eigenvalue weighted by atomic mass is 9.85. The van der Waals surface area contributed by atoms with E-state index in [0.29, 0.717) is 12.1 Å². The fourth-order valence-electron chi connectivity index (χ4n) is 4.08. The molecule has 0 spiro atoms. The Bertz CT molecular complexity index is 569. The number of aliphatic hydroxyl groups is 1. The quantitative estimate of drug-likeness (QED) is 0.640. The Labute approximate surface area is 143 Å². The first-order valence-electron chi connectivity index (χ1n) is 8.88. The Balaban J connectivity index is 1.53. The van der Waals surface area contributed by atoms with Gasteiger partial charge in [0.25, 0.3) is 5.69 Å². The molecule has 0 bridgehead atoms. The van der Waals surface area contributed by atoms with E-state index in [1.54, 1.807) is 12.1 Å². The molecule has 132 valence electrons. The summed E-state index contributed by atoms with van der Waals surface area (Å²) in [6.45, 7) is 4.35. The molecule has 1 saturated carbocycles. The van der Waals surface area contributed by atoms with Crippen molar-refractivity contribution in [2.45, 2.75) is 51.1 Å². The second kappa shape index (κ2) is 7.07. The Morgan fingerprint density at radius 2 is 1.96 bits per heavy atom. The van der Waals surface area contributed by atoms with E-state index >= 15 is 0 Å². The third-order valence-electron chi connectivity index (χ3n) is 5.80. The van der Waals surface area contributed by atoms with Crippen LogP contribution in [0.5, 0.6) is 0 Å². The lowest BCUT2D eigenvalue weighted by molar-refractivity contribution is -0.384. The molecule has 1 heterocycles. The van der Waals surface area contributed by atoms with E-state index in [9.17, 15) is 15.2 Å². The molecule has 1 aromatic rings. The summed E-state index contributed by atoms with van der Waals surface area (Å²) in [7, 11) is 0. The van der Waals surface area contributed by atoms with Gasteiger partial charge in [-0.15, -0.1) is 0 Å². The summed E-state index contributed by atoms with van der Waals surface area (Å²) < 4.78 is 0. The molecule has 0 aromatic heterocycles. The fourth-order valence-corrected chi connectivity index (χ4v) is 4.08. The van der Waals surface area contributed by atoms with Crippen LogP contribution in [0.25, 0.3) is 0 Å². The standard InChI is InChI=1S/C18H27N3O3/c1-18(13-22)10-2-3-17(18)19-14-8-11-20(12-9-14)15-4-6-16(7-5-15)21(23)24/h4-7,14,17,19,22H,2-3,8-13H2,1H3. The first kappa shape index (κ1) is 17.2. The normalized spacial score (nSPS) is 28.2. The van der Waals surface area contributed by atoms with Crippen molar-refractivity contribution in [2.24, 2.45) is 5.41 Å². The average molecular weight is 333 g/mol. The van der Waals surface area contributed by atoms with Crippen LogP contribution in [0, 0.1) is 15.5 Å². The second-order valence-corrected chi connectivity index (χ2v) is 7.46. The zero-order valence-corrected chi connectivity index (χ0v) is 14.3. The Kier molecular flexibility index (Phi) is 5.06. The zero-order valence-electron chi connectivity index (χ0n) is 14.3. The van der Waals surface area contributed by atoms with Crippen molar-refractivity contribution in [3.05, 3.63) is 34.4 Å². The lowest BCUT2D eigenvalue weighted by Gasteiger charge is -2.38. The maximum atomic E-state index is 10.7. The van der Waals surface area contributed by atoms with Gasteiger partial charge in [0.15, 0.2) is 0 Å². The van der Waals surface area contributed by atoms with Gasteiger partial charge in [-0.2, -0.15) is 0 Å². The van der Waals surface area contributed by atoms with Gasteiger partial charge in [-0.25, -0.2) is 0 Å². The highest BCUT2D eigenvalue weighted by atomic mass is 16.6. The van der Waals surface area contributed by atoms with Crippen molar-refractivity contribution < 1.29 is 10.0 Å². The van der Waals surface area contributed by atoms with Crippen molar-refractivity contribution in [1.29, 1.82) is 0 Å². The lowest BCUT2D eigenvalue weighted by Crippen LogP contribution is -2.50. The van der Waals surface area contributed by atoms with Crippen LogP contribution in [-0.2, 0) is 0 Å². The van der Waals surface area contributed by atoms with E-state index in [1.165, 1.54) is 6.42 Å². The van der Waals surface area contributed by atoms with E-state index in [0.717, 1.165) is 44.5 Å². The van der Waals surface area contributed by atoms with Crippen LogP contribution in [0.1, 0.15) is 39.0 Å². The van der Waals surface area contributed by atoms with Crippen molar-refractivity contribution in [2.75, 3.05) is 24.6 Å². The number of piperidine rings is 1. The van der Waals surface area contributed by atoms with Crippen molar-refractivity contribution >= 4 is 11.4 Å². The number of non-ortho nitro benzene ring substituents is 1. The molecule has 1 saturated heterocycles. The van der Waals surface area contributed by atoms with Gasteiger partial charge in [0.2, 0.25) is 0 Å². The number of nitro groups is 1. The highest BCUT2D eigenvalue weighted by molar-refractivity contribution is 5.51. The topological polar surface area (TPSA) is 78.6 Å². The molecule has 3 rings (SSSR count). The molecule has 2 atom stereocenters. The van der Waals surface area contributed by atoms with E-state index in [4.69, 9.17) is 0 Å². The number of rotatable bonds is 5. The number of nitrogens with one attached hydrogen (secondary N) is 1. The molecule has 1 aliphatic heterocycles. The van der Waals surface area contributed by atoms with E-state index in [1.807, 2.05) is 12.1 Å². The van der Waals surface area contributed by atoms with Gasteiger partial charge in [0.05, 0.1) is 4.92 Å². The second-order valence-electron chi connectivity index (χ2n) is 7.46. The molecule has 2 N–H and O–H groups in total. The summed E-state index contributed by atoms with van der Waals surface area (Å²) in [6.07, 6.45) is 5.57. The maximum absolute atomic E-state index is 10.7. The smallest absolute Gasteiger partial charge is 0.269 e. The van der Waals surface area contributed by atoms with Crippen molar-refractivity contribution in [1.82, 2.24) is 5.32 Å². The van der Waals surface area contributed by atoms with E-state index < -0.39 is 0 Å². The first-order chi connectivity index (χ1) is 11.5. The molecule has 6 nitrogen and oxygen atoms in total. The van der Waals surface area contributed by atoms with Gasteiger partial charge >= 0.3 is 0 Å². The summed E-state index contributed by atoms with van der Waals surface area (Å²) in [5, 5.41) is 24.2. The summed E-state index contributed by atoms with van der Waals surface area (Å²) in [5.41, 5.74) is 1.22. The van der Waals surface area contributed by atoms with Crippen LogP contribution < -0.4 is 10.2 Å². The first-order valence-corrected chi connectivity index (χ1v) is 8.88. The number of nitro benzene ring substituents is 1. The zero-order chi connectivity index (χ0) is 17.2. The van der Waals surface area contributed by atoms with Gasteiger partial charge in [0.1, 0.15) is 0 Å². The van der Waals surface area contributed by atoms with Gasteiger partial charge in [0, 0.05) is 55.0 Å². The van der Waals surface area contributed by atoms with Crippen molar-refractivity contribution in [3.8, 4) is 0 Å². The van der Waals surface area contributed by atoms with Crippen molar-refractivity contribution in [3.63, 3.8) is 0 Å². The van der Waals surface area contributed by atoms with Gasteiger partial charge in [-0.1, -0.05) is 13.3 Å². The number of hydrogen-bond donors (Lipinski definition) is 2. The molecule has 6 heteroatoms. The molecule has 2 aliphatic rings. The Morgan fingerprint density at radius 1 is 1.29 bits per heavy atom. The van der Waals surface area contributed by atoms with Crippen LogP contribution in [0.2, 0.25) is 0 Å². The van der Waals surface area contributed by atoms with Crippen LogP contribution in [0.4, 0.5) is 11.4 Å². The average Bonchev–Trinajstić information content (AvgIpc) is 2.97. The summed E-state index contributed by atoms with van der Waals surface area (Å²) >= 11 is 0. The Morgan fingerprint density at radius 3 is 2.54 bits per heavy atom. The highest BCUT2D eigenvalue weighted by Gasteiger charge is 2.39. The molecule has 1 aromatic carbocycles. The van der Waals surface area contributed by atoms with Crippen LogP contribution >= 0.6 is 0 Å².